The number of halogens is 1. The number of hydrogen-bond acceptors (Lipinski definition) is 4. The molecule has 8 nitrogen and oxygen atoms in total. The molecule has 3 amide bonds. The Morgan fingerprint density at radius 2 is 1.56 bits per heavy atom. The molecular weight excluding hydrogens is 480 g/mol. The molecular formula is C27H25ClN4O4. The Balaban J connectivity index is 1.58. The van der Waals surface area contributed by atoms with E-state index in [2.05, 4.69) is 16.1 Å². The molecule has 0 fully saturated rings. The number of carbonyl (C=O) groups is 3. The fraction of sp³-hybridized carbons (Fsp3) is 0.148. The third-order valence-corrected chi connectivity index (χ3v) is 5.84. The van der Waals surface area contributed by atoms with Gasteiger partial charge in [-0.25, -0.2) is 4.68 Å². The molecule has 4 rings (SSSR count). The van der Waals surface area contributed by atoms with Gasteiger partial charge in [0.2, 0.25) is 0 Å². The van der Waals surface area contributed by atoms with Gasteiger partial charge in [0.15, 0.2) is 0 Å². The molecule has 0 aliphatic heterocycles. The first-order chi connectivity index (χ1) is 17.2. The summed E-state index contributed by atoms with van der Waals surface area (Å²) in [7, 11) is 0. The van der Waals surface area contributed by atoms with Gasteiger partial charge in [0.25, 0.3) is 5.91 Å². The maximum Gasteiger partial charge on any atom is 0.328 e. The summed E-state index contributed by atoms with van der Waals surface area (Å²) in [6.45, 7) is 6.29. The highest BCUT2D eigenvalue weighted by Gasteiger charge is 2.21. The molecule has 0 unspecified atom stereocenters. The number of nitrogens with one attached hydrogen (secondary N) is 3. The molecule has 3 aromatic carbocycles. The van der Waals surface area contributed by atoms with Crippen LogP contribution in [0.25, 0.3) is 10.9 Å². The van der Waals surface area contributed by atoms with E-state index < -0.39 is 17.7 Å². The van der Waals surface area contributed by atoms with Gasteiger partial charge in [0.05, 0.1) is 12.1 Å². The minimum Gasteiger partial charge on any atom is -0.494 e. The Morgan fingerprint density at radius 3 is 2.25 bits per heavy atom. The normalized spacial score (nSPS) is 10.7. The predicted molar refractivity (Wildman–Crippen MR) is 141 cm³/mol. The van der Waals surface area contributed by atoms with E-state index in [4.69, 9.17) is 16.3 Å². The number of rotatable bonds is 6. The fourth-order valence-corrected chi connectivity index (χ4v) is 3.81. The lowest BCUT2D eigenvalue weighted by molar-refractivity contribution is -0.133. The molecule has 36 heavy (non-hydrogen) atoms. The monoisotopic (exact) mass is 504 g/mol. The topological polar surface area (TPSA) is 101 Å². The Labute approximate surface area is 213 Å². The number of aromatic nitrogens is 1. The van der Waals surface area contributed by atoms with Crippen LogP contribution in [0.3, 0.4) is 0 Å². The maximum absolute atomic E-state index is 13.2. The molecule has 0 bridgehead atoms. The van der Waals surface area contributed by atoms with Gasteiger partial charge in [-0.1, -0.05) is 17.7 Å². The van der Waals surface area contributed by atoms with Gasteiger partial charge >= 0.3 is 11.8 Å². The van der Waals surface area contributed by atoms with Crippen LogP contribution >= 0.6 is 11.6 Å². The van der Waals surface area contributed by atoms with Crippen molar-refractivity contribution in [1.29, 1.82) is 0 Å². The first-order valence-corrected chi connectivity index (χ1v) is 11.7. The number of fused-ring (bicyclic) bond motifs is 1. The van der Waals surface area contributed by atoms with E-state index in [1.807, 2.05) is 26.8 Å². The van der Waals surface area contributed by atoms with Crippen LogP contribution in [0.4, 0.5) is 11.4 Å². The largest absolute Gasteiger partial charge is 0.494 e. The van der Waals surface area contributed by atoms with Crippen molar-refractivity contribution in [2.75, 3.05) is 22.7 Å². The van der Waals surface area contributed by atoms with Crippen molar-refractivity contribution in [1.82, 2.24) is 4.68 Å². The Morgan fingerprint density at radius 1 is 0.833 bits per heavy atom. The zero-order chi connectivity index (χ0) is 25.8. The van der Waals surface area contributed by atoms with E-state index >= 15 is 0 Å². The second-order valence-electron chi connectivity index (χ2n) is 8.17. The van der Waals surface area contributed by atoms with Crippen LogP contribution in [0.1, 0.15) is 28.5 Å². The minimum absolute atomic E-state index is 0.119. The van der Waals surface area contributed by atoms with Crippen LogP contribution < -0.4 is 20.8 Å². The summed E-state index contributed by atoms with van der Waals surface area (Å²) in [5, 5.41) is 6.47. The maximum atomic E-state index is 13.2. The van der Waals surface area contributed by atoms with Crippen molar-refractivity contribution in [2.45, 2.75) is 20.8 Å². The van der Waals surface area contributed by atoms with E-state index in [0.29, 0.717) is 39.7 Å². The number of aryl methyl sites for hydroxylation is 2. The number of benzene rings is 3. The second-order valence-corrected chi connectivity index (χ2v) is 8.61. The highest BCUT2D eigenvalue weighted by atomic mass is 35.5. The molecule has 184 valence electrons. The number of amides is 3. The molecule has 0 radical (unpaired) electrons. The van der Waals surface area contributed by atoms with Gasteiger partial charge in [-0.05, 0) is 92.6 Å². The van der Waals surface area contributed by atoms with Crippen LogP contribution in [0, 0.1) is 13.8 Å². The number of nitrogens with zero attached hydrogens (tertiary/aromatic N) is 1. The van der Waals surface area contributed by atoms with Gasteiger partial charge in [0.1, 0.15) is 11.4 Å². The molecule has 0 aliphatic rings. The van der Waals surface area contributed by atoms with Crippen molar-refractivity contribution in [2.24, 2.45) is 0 Å². The van der Waals surface area contributed by atoms with E-state index in [1.54, 1.807) is 60.7 Å². The van der Waals surface area contributed by atoms with Gasteiger partial charge in [0, 0.05) is 21.8 Å². The van der Waals surface area contributed by atoms with E-state index in [9.17, 15) is 14.4 Å². The van der Waals surface area contributed by atoms with Crippen molar-refractivity contribution in [3.63, 3.8) is 0 Å². The average molecular weight is 505 g/mol. The molecule has 4 aromatic rings. The van der Waals surface area contributed by atoms with Crippen LogP contribution in [0.5, 0.6) is 5.75 Å². The summed E-state index contributed by atoms with van der Waals surface area (Å²) >= 11 is 6.13. The zero-order valence-corrected chi connectivity index (χ0v) is 20.8. The van der Waals surface area contributed by atoms with Gasteiger partial charge in [-0.15, -0.1) is 0 Å². The Hall–Kier alpha value is -4.30. The van der Waals surface area contributed by atoms with Gasteiger partial charge in [-0.3, -0.25) is 19.8 Å². The van der Waals surface area contributed by atoms with Crippen molar-refractivity contribution in [3.8, 4) is 5.75 Å². The van der Waals surface area contributed by atoms with Crippen molar-refractivity contribution >= 4 is 51.6 Å². The Kier molecular flexibility index (Phi) is 7.26. The SMILES string of the molecule is CCOc1ccc(NC(=O)c2cc3cc(Cl)ccc3n2NC(=O)C(=O)Nc2ccc(C)c(C)c2)cc1. The number of ether oxygens (including phenoxy) is 1. The van der Waals surface area contributed by atoms with Crippen LogP contribution in [-0.2, 0) is 9.59 Å². The average Bonchev–Trinajstić information content (AvgIpc) is 3.20. The fourth-order valence-electron chi connectivity index (χ4n) is 3.63. The lowest BCUT2D eigenvalue weighted by Crippen LogP contribution is -2.36. The Bertz CT molecular complexity index is 1460. The van der Waals surface area contributed by atoms with Crippen LogP contribution in [-0.4, -0.2) is 29.0 Å². The molecule has 0 atom stereocenters. The second kappa shape index (κ2) is 10.5. The summed E-state index contributed by atoms with van der Waals surface area (Å²) in [5.74, 6) is -1.61. The summed E-state index contributed by atoms with van der Waals surface area (Å²) in [4.78, 5) is 38.6. The molecule has 1 heterocycles. The zero-order valence-electron chi connectivity index (χ0n) is 20.0. The van der Waals surface area contributed by atoms with Crippen LogP contribution in [0.15, 0.2) is 66.7 Å². The lowest BCUT2D eigenvalue weighted by atomic mass is 10.1. The summed E-state index contributed by atoms with van der Waals surface area (Å²) in [6.07, 6.45) is 0. The minimum atomic E-state index is -0.934. The van der Waals surface area contributed by atoms with E-state index in [0.717, 1.165) is 11.1 Å². The first-order valence-electron chi connectivity index (χ1n) is 11.3. The molecule has 9 heteroatoms. The molecule has 0 aliphatic carbocycles. The molecule has 0 spiro atoms. The summed E-state index contributed by atoms with van der Waals surface area (Å²) in [5.41, 5.74) is 6.24. The van der Waals surface area contributed by atoms with Crippen molar-refractivity contribution < 1.29 is 19.1 Å². The lowest BCUT2D eigenvalue weighted by Gasteiger charge is -2.13. The third-order valence-electron chi connectivity index (χ3n) is 5.60. The first kappa shape index (κ1) is 24.8. The molecule has 3 N–H and O–H groups in total. The molecule has 1 aromatic heterocycles. The predicted octanol–water partition coefficient (Wildman–Crippen LogP) is 5.27. The molecule has 0 saturated carbocycles. The van der Waals surface area contributed by atoms with Gasteiger partial charge in [-0.2, -0.15) is 0 Å². The quantitative estimate of drug-likeness (QED) is 0.311. The summed E-state index contributed by atoms with van der Waals surface area (Å²) < 4.78 is 6.70. The highest BCUT2D eigenvalue weighted by Crippen LogP contribution is 2.24. The highest BCUT2D eigenvalue weighted by molar-refractivity contribution is 6.42. The van der Waals surface area contributed by atoms with Crippen molar-refractivity contribution in [3.05, 3.63) is 88.6 Å². The number of anilines is 2. The summed E-state index contributed by atoms with van der Waals surface area (Å²) in [6, 6.07) is 18.8. The van der Waals surface area contributed by atoms with Crippen LogP contribution in [0.2, 0.25) is 5.02 Å². The number of carbonyl (C=O) groups excluding carboxylic acids is 3. The van der Waals surface area contributed by atoms with Gasteiger partial charge < -0.3 is 15.4 Å². The van der Waals surface area contributed by atoms with E-state index in [1.165, 1.54) is 4.68 Å². The standard InChI is InChI=1S/C27H25ClN4O4/c1-4-36-22-10-8-20(9-11-22)29-25(33)24-15-18-14-19(28)6-12-23(18)32(24)31-27(35)26(34)30-21-7-5-16(2)17(3)13-21/h5-15H,4H2,1-3H3,(H,29,33)(H,30,34)(H,31,35). The molecule has 0 saturated heterocycles. The smallest absolute Gasteiger partial charge is 0.328 e. The van der Waals surface area contributed by atoms with E-state index in [-0.39, 0.29) is 5.69 Å². The third kappa shape index (κ3) is 5.50. The number of hydrogen-bond donors (Lipinski definition) is 3.